The van der Waals surface area contributed by atoms with Crippen molar-refractivity contribution in [3.63, 3.8) is 0 Å². The molecular weight excluding hydrogens is 455 g/mol. The van der Waals surface area contributed by atoms with Gasteiger partial charge in [0.05, 0.1) is 0 Å². The molecule has 2 rings (SSSR count). The van der Waals surface area contributed by atoms with E-state index in [1.165, 1.54) is 16.4 Å². The van der Waals surface area contributed by atoms with E-state index in [2.05, 4.69) is 95.7 Å². The molecule has 0 fully saturated rings. The minimum atomic E-state index is -0.143. The summed E-state index contributed by atoms with van der Waals surface area (Å²) in [5, 5.41) is 1.45. The van der Waals surface area contributed by atoms with E-state index in [1.807, 2.05) is 0 Å². The van der Waals surface area contributed by atoms with Crippen molar-refractivity contribution in [3.8, 4) is 5.30 Å². The fourth-order valence-corrected chi connectivity index (χ4v) is 3.54. The summed E-state index contributed by atoms with van der Waals surface area (Å²) >= 11 is 0. The molecule has 0 unspecified atom stereocenters. The monoisotopic (exact) mass is 468 g/mol. The van der Waals surface area contributed by atoms with Crippen LogP contribution in [-0.2, 0) is 62.1 Å². The zero-order valence-electron chi connectivity index (χ0n) is 14.1. The molecule has 0 aliphatic carbocycles. The molecule has 0 bridgehead atoms. The Labute approximate surface area is 181 Å². The van der Waals surface area contributed by atoms with E-state index in [9.17, 15) is 0 Å². The van der Waals surface area contributed by atoms with Crippen LogP contribution >= 0.6 is 7.53 Å². The summed E-state index contributed by atoms with van der Waals surface area (Å²) in [5.41, 5.74) is 2.88. The maximum atomic E-state index is 7.50. The van der Waals surface area contributed by atoms with Gasteiger partial charge in [0.15, 0.2) is 0 Å². The van der Waals surface area contributed by atoms with Crippen LogP contribution in [0.4, 0.5) is 0 Å². The maximum Gasteiger partial charge on any atom is 0 e. The Morgan fingerprint density at radius 1 is 0.556 bits per heavy atom. The molecule has 0 saturated carbocycles. The van der Waals surface area contributed by atoms with Crippen LogP contribution in [0.25, 0.3) is 5.30 Å². The first-order valence-electron chi connectivity index (χ1n) is 5.70. The summed E-state index contributed by atoms with van der Waals surface area (Å²) in [7, 11) is -0.143. The maximum absolute atomic E-state index is 7.50. The smallest absolute Gasteiger partial charge is 0 e. The van der Waals surface area contributed by atoms with E-state index in [0.717, 1.165) is 0 Å². The summed E-state index contributed by atoms with van der Waals surface area (Å²) in [6.07, 6.45) is 0. The molecule has 1 aromatic heterocycles. The Hall–Kier alpha value is -1.52. The van der Waals surface area contributed by atoms with Gasteiger partial charge in [-0.25, -0.2) is 0 Å². The fraction of sp³-hybridized carbons (Fsp3) is 0.111. The normalized spacial score (nSPS) is 5.41. The molecule has 9 heteroatoms. The van der Waals surface area contributed by atoms with E-state index >= 15 is 0 Å². The number of rotatable bonds is 1. The molecule has 2 aromatic rings. The third-order valence-electron chi connectivity index (χ3n) is 2.34. The van der Waals surface area contributed by atoms with E-state index < -0.39 is 0 Å². The quantitative estimate of drug-likeness (QED) is 0.341. The van der Waals surface area contributed by atoms with Crippen molar-refractivity contribution in [3.05, 3.63) is 93.0 Å². The zero-order valence-corrected chi connectivity index (χ0v) is 17.2. The van der Waals surface area contributed by atoms with Gasteiger partial charge in [-0.05, 0) is 41.9 Å². The molecule has 0 spiro atoms. The summed E-state index contributed by atoms with van der Waals surface area (Å²) in [4.78, 5) is 0. The van der Waals surface area contributed by atoms with Crippen LogP contribution < -0.4 is 0 Å². The Balaban J connectivity index is -0.0000000496. The fourth-order valence-electron chi connectivity index (χ4n) is 1.41. The first-order chi connectivity index (χ1) is 12.3. The van der Waals surface area contributed by atoms with Gasteiger partial charge < -0.3 is 0 Å². The van der Waals surface area contributed by atoms with E-state index in [0.29, 0.717) is 0 Å². The van der Waals surface area contributed by atoms with Crippen LogP contribution in [0, 0.1) is 53.7 Å². The Morgan fingerprint density at radius 3 is 1.07 bits per heavy atom. The van der Waals surface area contributed by atoms with Gasteiger partial charge in [-0.15, -0.1) is 0 Å². The largest absolute Gasteiger partial charge is 0 e. The Kier molecular flexibility index (Phi) is 73.1. The van der Waals surface area contributed by atoms with Crippen molar-refractivity contribution in [1.82, 2.24) is 0 Å². The van der Waals surface area contributed by atoms with Gasteiger partial charge in [-0.3, -0.25) is 0 Å². The molecule has 142 valence electrons. The molecule has 0 atom stereocenters. The molecule has 1 aromatic carbocycles. The second-order valence-electron chi connectivity index (χ2n) is 3.37. The molecule has 6 nitrogen and oxygen atoms in total. The van der Waals surface area contributed by atoms with Gasteiger partial charge in [0, 0.05) is 34.1 Å². The summed E-state index contributed by atoms with van der Waals surface area (Å²) in [6, 6.07) is 10.7. The van der Waals surface area contributed by atoms with Crippen molar-refractivity contribution < 1.29 is 62.1 Å². The summed E-state index contributed by atoms with van der Waals surface area (Å²) < 4.78 is 45.0. The molecule has 0 aliphatic rings. The average Bonchev–Trinajstić information content (AvgIpc) is 3.10. The van der Waals surface area contributed by atoms with Crippen LogP contribution in [0.3, 0.4) is 0 Å². The van der Waals surface area contributed by atoms with E-state index in [-0.39, 0.29) is 41.7 Å². The second-order valence-corrected chi connectivity index (χ2v) is 5.21. The van der Waals surface area contributed by atoms with Crippen LogP contribution in [0.1, 0.15) is 11.1 Å². The minimum Gasteiger partial charge on any atom is 0 e. The molecule has 0 N–H and O–H groups in total. The molecule has 0 amide bonds. The topological polar surface area (TPSA) is 119 Å². The minimum absolute atomic E-state index is 0. The number of benzene rings is 1. The molecule has 0 aliphatic heterocycles. The van der Waals surface area contributed by atoms with Gasteiger partial charge in [-0.2, -0.15) is 0 Å². The Morgan fingerprint density at radius 2 is 0.815 bits per heavy atom. The molecular formula is C18H13Fe2O6P. The number of aryl methyl sites for hydroxylation is 2. The van der Waals surface area contributed by atoms with E-state index in [4.69, 9.17) is 27.9 Å². The predicted octanol–water partition coefficient (Wildman–Crippen LogP) is 4.05. The van der Waals surface area contributed by atoms with Crippen LogP contribution in [-0.4, -0.2) is 0 Å². The van der Waals surface area contributed by atoms with Crippen molar-refractivity contribution in [1.29, 1.82) is 0 Å². The summed E-state index contributed by atoms with van der Waals surface area (Å²) in [6.45, 7) is 31.4. The van der Waals surface area contributed by atoms with Gasteiger partial charge in [0.2, 0.25) is 0 Å². The van der Waals surface area contributed by atoms with Crippen LogP contribution in [0.2, 0.25) is 0 Å². The predicted molar refractivity (Wildman–Crippen MR) is 83.5 cm³/mol. The number of hydrogen-bond acceptors (Lipinski definition) is 0. The second kappa shape index (κ2) is 44.2. The first-order valence-corrected chi connectivity index (χ1v) is 7.18. The third-order valence-corrected chi connectivity index (χ3v) is 4.57. The first kappa shape index (κ1) is 44.7. The van der Waals surface area contributed by atoms with Gasteiger partial charge >= 0.3 is 67.8 Å². The standard InChI is InChI=1S/C12H13P.6CO.2Fe/c1-10-8-13(9-11(10)2)12-6-4-3-5-7-12;6*1-2;;/h3-9H,1-2H3;;;;;;;;. The molecule has 27 heavy (non-hydrogen) atoms. The van der Waals surface area contributed by atoms with Crippen LogP contribution in [0.5, 0.6) is 0 Å². The van der Waals surface area contributed by atoms with Crippen molar-refractivity contribution in [2.75, 3.05) is 0 Å². The number of hydrogen-bond donors (Lipinski definition) is 0. The SMILES string of the molecule is Cc1cp(-c2ccccc2)cc1C.[C-]#[O+].[C-]#[O+].[C-]#[O+].[C-]#[O+].[C-]#[O+].[C-]#[O+].[Fe].[Fe]. The summed E-state index contributed by atoms with van der Waals surface area (Å²) in [5.74, 6) is 4.78. The van der Waals surface area contributed by atoms with Gasteiger partial charge in [0.25, 0.3) is 0 Å². The van der Waals surface area contributed by atoms with Crippen molar-refractivity contribution in [2.24, 2.45) is 0 Å². The average molecular weight is 468 g/mol. The molecule has 1 heterocycles. The van der Waals surface area contributed by atoms with Gasteiger partial charge in [0.1, 0.15) is 0 Å². The molecule has 0 radical (unpaired) electrons. The van der Waals surface area contributed by atoms with Crippen molar-refractivity contribution >= 4 is 7.53 Å². The Bertz CT molecular complexity index is 589. The zero-order chi connectivity index (χ0) is 21.3. The van der Waals surface area contributed by atoms with Gasteiger partial charge in [-0.1, -0.05) is 37.9 Å². The van der Waals surface area contributed by atoms with E-state index in [1.54, 1.807) is 0 Å². The van der Waals surface area contributed by atoms with Crippen LogP contribution in [0.15, 0.2) is 41.9 Å². The van der Waals surface area contributed by atoms with Crippen molar-refractivity contribution in [2.45, 2.75) is 13.8 Å². The third kappa shape index (κ3) is 24.5. The molecule has 0 saturated heterocycles.